The molecule has 1 amide bonds. The molecule has 110 valence electrons. The molecule has 0 fully saturated rings. The van der Waals surface area contributed by atoms with Crippen LogP contribution in [0.5, 0.6) is 0 Å². The Balaban J connectivity index is 2.16. The molecule has 0 unspecified atom stereocenters. The Bertz CT molecular complexity index is 573. The van der Waals surface area contributed by atoms with Crippen LogP contribution >= 0.6 is 0 Å². The second-order valence-electron chi connectivity index (χ2n) is 5.06. The summed E-state index contributed by atoms with van der Waals surface area (Å²) < 4.78 is 5.15. The third-order valence-corrected chi connectivity index (χ3v) is 3.41. The molecule has 0 aliphatic carbocycles. The van der Waals surface area contributed by atoms with Gasteiger partial charge in [-0.15, -0.1) is 0 Å². The first-order chi connectivity index (χ1) is 10.2. The van der Waals surface area contributed by atoms with Gasteiger partial charge in [0.25, 0.3) is 5.91 Å². The first-order valence-corrected chi connectivity index (χ1v) is 7.29. The summed E-state index contributed by atoms with van der Waals surface area (Å²) in [5, 5.41) is 3.01. The number of carbonyl (C=O) groups excluding carboxylic acids is 1. The molecule has 0 radical (unpaired) electrons. The first-order valence-electron chi connectivity index (χ1n) is 7.29. The number of amides is 1. The van der Waals surface area contributed by atoms with E-state index in [0.29, 0.717) is 5.76 Å². The van der Waals surface area contributed by atoms with Gasteiger partial charge in [0.1, 0.15) is 0 Å². The van der Waals surface area contributed by atoms with Gasteiger partial charge in [-0.05, 0) is 30.5 Å². The third-order valence-electron chi connectivity index (χ3n) is 3.41. The van der Waals surface area contributed by atoms with Crippen molar-refractivity contribution in [2.45, 2.75) is 32.2 Å². The van der Waals surface area contributed by atoms with Crippen LogP contribution in [0.2, 0.25) is 0 Å². The van der Waals surface area contributed by atoms with Crippen LogP contribution in [0.3, 0.4) is 0 Å². The van der Waals surface area contributed by atoms with Crippen LogP contribution < -0.4 is 5.32 Å². The number of rotatable bonds is 7. The van der Waals surface area contributed by atoms with Gasteiger partial charge in [-0.25, -0.2) is 0 Å². The minimum absolute atomic E-state index is 0.185. The molecule has 0 aliphatic rings. The van der Waals surface area contributed by atoms with Gasteiger partial charge in [0.15, 0.2) is 5.76 Å². The van der Waals surface area contributed by atoms with Gasteiger partial charge in [0, 0.05) is 0 Å². The van der Waals surface area contributed by atoms with Gasteiger partial charge in [0.05, 0.1) is 12.3 Å². The SMILES string of the molecule is C=C(CCCC)[C@@H](NC(=O)c1ccco1)c1ccccc1. The van der Waals surface area contributed by atoms with E-state index in [2.05, 4.69) is 18.8 Å². The molecule has 3 heteroatoms. The number of benzene rings is 1. The van der Waals surface area contributed by atoms with Crippen molar-refractivity contribution in [1.29, 1.82) is 0 Å². The quantitative estimate of drug-likeness (QED) is 0.760. The highest BCUT2D eigenvalue weighted by molar-refractivity contribution is 5.91. The van der Waals surface area contributed by atoms with Gasteiger partial charge in [0.2, 0.25) is 0 Å². The molecular formula is C18H21NO2. The zero-order chi connectivity index (χ0) is 15.1. The molecule has 2 aromatic rings. The zero-order valence-corrected chi connectivity index (χ0v) is 12.3. The fourth-order valence-electron chi connectivity index (χ4n) is 2.22. The van der Waals surface area contributed by atoms with E-state index in [0.717, 1.165) is 30.4 Å². The number of carbonyl (C=O) groups is 1. The monoisotopic (exact) mass is 283 g/mol. The average molecular weight is 283 g/mol. The van der Waals surface area contributed by atoms with E-state index in [9.17, 15) is 4.79 Å². The van der Waals surface area contributed by atoms with Gasteiger partial charge in [-0.2, -0.15) is 0 Å². The molecule has 1 aromatic carbocycles. The number of unbranched alkanes of at least 4 members (excludes halogenated alkanes) is 1. The minimum Gasteiger partial charge on any atom is -0.459 e. The van der Waals surface area contributed by atoms with Gasteiger partial charge < -0.3 is 9.73 Å². The molecule has 1 aromatic heterocycles. The lowest BCUT2D eigenvalue weighted by atomic mass is 9.96. The van der Waals surface area contributed by atoms with Crippen molar-refractivity contribution in [2.24, 2.45) is 0 Å². The van der Waals surface area contributed by atoms with E-state index in [4.69, 9.17) is 4.42 Å². The highest BCUT2D eigenvalue weighted by atomic mass is 16.3. The number of hydrogen-bond acceptors (Lipinski definition) is 2. The number of furan rings is 1. The fourth-order valence-corrected chi connectivity index (χ4v) is 2.22. The summed E-state index contributed by atoms with van der Waals surface area (Å²) in [6.07, 6.45) is 4.57. The van der Waals surface area contributed by atoms with Crippen molar-refractivity contribution >= 4 is 5.91 Å². The smallest absolute Gasteiger partial charge is 0.287 e. The summed E-state index contributed by atoms with van der Waals surface area (Å²) in [6.45, 7) is 6.30. The largest absolute Gasteiger partial charge is 0.459 e. The van der Waals surface area contributed by atoms with Crippen molar-refractivity contribution in [1.82, 2.24) is 5.32 Å². The Hall–Kier alpha value is -2.29. The van der Waals surface area contributed by atoms with Gasteiger partial charge in [-0.3, -0.25) is 4.79 Å². The lowest BCUT2D eigenvalue weighted by molar-refractivity contribution is 0.0914. The highest BCUT2D eigenvalue weighted by Crippen LogP contribution is 2.24. The molecular weight excluding hydrogens is 262 g/mol. The molecule has 0 saturated carbocycles. The molecule has 1 N–H and O–H groups in total. The maximum absolute atomic E-state index is 12.2. The maximum Gasteiger partial charge on any atom is 0.287 e. The topological polar surface area (TPSA) is 42.2 Å². The third kappa shape index (κ3) is 4.09. The van der Waals surface area contributed by atoms with Crippen LogP contribution in [0.25, 0.3) is 0 Å². The summed E-state index contributed by atoms with van der Waals surface area (Å²) in [5.74, 6) is 0.103. The maximum atomic E-state index is 12.2. The molecule has 0 saturated heterocycles. The average Bonchev–Trinajstić information content (AvgIpc) is 3.05. The van der Waals surface area contributed by atoms with Gasteiger partial charge in [-0.1, -0.05) is 55.8 Å². The highest BCUT2D eigenvalue weighted by Gasteiger charge is 2.19. The fraction of sp³-hybridized carbons (Fsp3) is 0.278. The Kier molecular flexibility index (Phi) is 5.38. The van der Waals surface area contributed by atoms with E-state index in [1.54, 1.807) is 12.1 Å². The van der Waals surface area contributed by atoms with Crippen molar-refractivity contribution in [3.05, 3.63) is 72.2 Å². The van der Waals surface area contributed by atoms with Crippen LogP contribution in [0.4, 0.5) is 0 Å². The van der Waals surface area contributed by atoms with E-state index >= 15 is 0 Å². The molecule has 3 nitrogen and oxygen atoms in total. The van der Waals surface area contributed by atoms with Crippen molar-refractivity contribution < 1.29 is 9.21 Å². The van der Waals surface area contributed by atoms with Crippen LogP contribution in [0, 0.1) is 0 Å². The van der Waals surface area contributed by atoms with E-state index in [1.807, 2.05) is 30.3 Å². The van der Waals surface area contributed by atoms with E-state index in [-0.39, 0.29) is 11.9 Å². The normalized spacial score (nSPS) is 11.9. The molecule has 0 spiro atoms. The standard InChI is InChI=1S/C18H21NO2/c1-3-4-9-14(2)17(15-10-6-5-7-11-15)19-18(20)16-12-8-13-21-16/h5-8,10-13,17H,2-4,9H2,1H3,(H,19,20)/t17-/m1/s1. The molecule has 21 heavy (non-hydrogen) atoms. The lowest BCUT2D eigenvalue weighted by Gasteiger charge is -2.21. The first kappa shape index (κ1) is 15.1. The molecule has 1 heterocycles. The predicted molar refractivity (Wildman–Crippen MR) is 84.0 cm³/mol. The van der Waals surface area contributed by atoms with E-state index < -0.39 is 0 Å². The molecule has 0 aliphatic heterocycles. The lowest BCUT2D eigenvalue weighted by Crippen LogP contribution is -2.29. The number of nitrogens with one attached hydrogen (secondary N) is 1. The van der Waals surface area contributed by atoms with Crippen LogP contribution in [-0.2, 0) is 0 Å². The Morgan fingerprint density at radius 1 is 1.24 bits per heavy atom. The Morgan fingerprint density at radius 3 is 2.62 bits per heavy atom. The summed E-state index contributed by atoms with van der Waals surface area (Å²) in [5.41, 5.74) is 2.06. The van der Waals surface area contributed by atoms with Crippen LogP contribution in [0.1, 0.15) is 48.3 Å². The van der Waals surface area contributed by atoms with Crippen LogP contribution in [0.15, 0.2) is 65.3 Å². The van der Waals surface area contributed by atoms with Crippen molar-refractivity contribution in [3.8, 4) is 0 Å². The van der Waals surface area contributed by atoms with Crippen LogP contribution in [-0.4, -0.2) is 5.91 Å². The predicted octanol–water partition coefficient (Wildman–Crippen LogP) is 4.50. The van der Waals surface area contributed by atoms with Gasteiger partial charge >= 0.3 is 0 Å². The van der Waals surface area contributed by atoms with Crippen molar-refractivity contribution in [3.63, 3.8) is 0 Å². The Labute approximate surface area is 125 Å². The Morgan fingerprint density at radius 2 is 2.00 bits per heavy atom. The van der Waals surface area contributed by atoms with Crippen molar-refractivity contribution in [2.75, 3.05) is 0 Å². The second kappa shape index (κ2) is 7.48. The summed E-state index contributed by atoms with van der Waals surface area (Å²) >= 11 is 0. The van der Waals surface area contributed by atoms with E-state index in [1.165, 1.54) is 6.26 Å². The molecule has 0 bridgehead atoms. The molecule has 2 rings (SSSR count). The second-order valence-corrected chi connectivity index (χ2v) is 5.06. The minimum atomic E-state index is -0.216. The number of hydrogen-bond donors (Lipinski definition) is 1. The summed E-state index contributed by atoms with van der Waals surface area (Å²) in [7, 11) is 0. The summed E-state index contributed by atoms with van der Waals surface area (Å²) in [4.78, 5) is 12.2. The summed E-state index contributed by atoms with van der Waals surface area (Å²) in [6, 6.07) is 13.1. The molecule has 1 atom stereocenters. The zero-order valence-electron chi connectivity index (χ0n) is 12.3.